The summed E-state index contributed by atoms with van der Waals surface area (Å²) in [5.41, 5.74) is 1.93. The first-order valence-corrected chi connectivity index (χ1v) is 4.28. The maximum absolute atomic E-state index is 10.7. The molecular weight excluding hydrogens is 170 g/mol. The van der Waals surface area contributed by atoms with Crippen molar-refractivity contribution in [1.82, 2.24) is 15.0 Å². The lowest BCUT2D eigenvalue weighted by molar-refractivity contribution is -0.142. The third kappa shape index (κ3) is 1.30. The smallest absolute Gasteiger partial charge is 0.306 e. The zero-order valence-electron chi connectivity index (χ0n) is 7.40. The summed E-state index contributed by atoms with van der Waals surface area (Å²) in [5.74, 6) is -1.000. The van der Waals surface area contributed by atoms with Gasteiger partial charge in [0, 0.05) is 13.5 Å². The molecule has 0 saturated heterocycles. The van der Waals surface area contributed by atoms with E-state index in [1.165, 1.54) is 0 Å². The number of fused-ring (bicyclic) bond motifs is 1. The first kappa shape index (κ1) is 8.22. The Morgan fingerprint density at radius 2 is 2.46 bits per heavy atom. The molecule has 1 aliphatic rings. The van der Waals surface area contributed by atoms with Crippen LogP contribution in [0.2, 0.25) is 0 Å². The van der Waals surface area contributed by atoms with E-state index in [0.717, 1.165) is 17.8 Å². The van der Waals surface area contributed by atoms with Crippen LogP contribution >= 0.6 is 0 Å². The third-order valence-electron chi connectivity index (χ3n) is 2.54. The number of aliphatic carboxylic acids is 1. The van der Waals surface area contributed by atoms with Crippen LogP contribution in [0, 0.1) is 5.92 Å². The summed E-state index contributed by atoms with van der Waals surface area (Å²) in [6.45, 7) is 0. The largest absolute Gasteiger partial charge is 0.481 e. The van der Waals surface area contributed by atoms with Crippen molar-refractivity contribution in [1.29, 1.82) is 0 Å². The molecule has 0 bridgehead atoms. The lowest BCUT2D eigenvalue weighted by Gasteiger charge is -2.16. The van der Waals surface area contributed by atoms with E-state index in [2.05, 4.69) is 10.3 Å². The molecule has 0 unspecified atom stereocenters. The summed E-state index contributed by atoms with van der Waals surface area (Å²) in [7, 11) is 1.84. The van der Waals surface area contributed by atoms with Gasteiger partial charge in [-0.2, -0.15) is 0 Å². The monoisotopic (exact) mass is 181 g/mol. The number of nitrogens with zero attached hydrogens (tertiary/aromatic N) is 3. The Hall–Kier alpha value is -1.39. The van der Waals surface area contributed by atoms with E-state index in [9.17, 15) is 4.79 Å². The van der Waals surface area contributed by atoms with E-state index >= 15 is 0 Å². The molecule has 1 aliphatic carbocycles. The number of hydrogen-bond donors (Lipinski definition) is 1. The maximum Gasteiger partial charge on any atom is 0.306 e. The van der Waals surface area contributed by atoms with Gasteiger partial charge in [0.2, 0.25) is 0 Å². The fourth-order valence-electron chi connectivity index (χ4n) is 1.74. The fourth-order valence-corrected chi connectivity index (χ4v) is 1.74. The van der Waals surface area contributed by atoms with Crippen LogP contribution in [-0.2, 0) is 24.7 Å². The van der Waals surface area contributed by atoms with Crippen LogP contribution in [-0.4, -0.2) is 26.1 Å². The van der Waals surface area contributed by atoms with Crippen LogP contribution < -0.4 is 0 Å². The molecule has 0 spiro atoms. The molecule has 0 radical (unpaired) electrons. The van der Waals surface area contributed by atoms with E-state index < -0.39 is 5.97 Å². The first-order chi connectivity index (χ1) is 6.18. The Kier molecular flexibility index (Phi) is 1.79. The molecule has 0 fully saturated rings. The maximum atomic E-state index is 10.7. The van der Waals surface area contributed by atoms with Crippen molar-refractivity contribution in [2.75, 3.05) is 0 Å². The van der Waals surface area contributed by atoms with Gasteiger partial charge in [-0.3, -0.25) is 9.48 Å². The van der Waals surface area contributed by atoms with Gasteiger partial charge in [0.1, 0.15) is 0 Å². The SMILES string of the molecule is Cn1nnc2c1CC[C@H](C(=O)O)C2. The number of carboxylic acids is 1. The normalized spacial score (nSPS) is 21.2. The van der Waals surface area contributed by atoms with E-state index in [1.807, 2.05) is 7.05 Å². The van der Waals surface area contributed by atoms with Crippen molar-refractivity contribution < 1.29 is 9.90 Å². The second-order valence-corrected chi connectivity index (χ2v) is 3.38. The minimum Gasteiger partial charge on any atom is -0.481 e. The lowest BCUT2D eigenvalue weighted by atomic mass is 9.90. The van der Waals surface area contributed by atoms with Crippen molar-refractivity contribution in [3.63, 3.8) is 0 Å². The summed E-state index contributed by atoms with van der Waals surface area (Å²) in [5, 5.41) is 16.6. The predicted molar refractivity (Wildman–Crippen MR) is 44.2 cm³/mol. The van der Waals surface area contributed by atoms with Crippen molar-refractivity contribution in [2.45, 2.75) is 19.3 Å². The average molecular weight is 181 g/mol. The molecule has 1 aromatic heterocycles. The highest BCUT2D eigenvalue weighted by atomic mass is 16.4. The Morgan fingerprint density at radius 1 is 1.69 bits per heavy atom. The molecule has 5 heteroatoms. The minimum absolute atomic E-state index is 0.274. The Morgan fingerprint density at radius 3 is 3.15 bits per heavy atom. The third-order valence-corrected chi connectivity index (χ3v) is 2.54. The molecule has 0 aliphatic heterocycles. The van der Waals surface area contributed by atoms with Crippen molar-refractivity contribution in [3.05, 3.63) is 11.4 Å². The van der Waals surface area contributed by atoms with Gasteiger partial charge in [0.25, 0.3) is 0 Å². The number of carboxylic acid groups (broad SMARTS) is 1. The molecule has 0 saturated carbocycles. The van der Waals surface area contributed by atoms with Gasteiger partial charge in [0.05, 0.1) is 17.3 Å². The van der Waals surface area contributed by atoms with Crippen molar-refractivity contribution in [3.8, 4) is 0 Å². The van der Waals surface area contributed by atoms with Crippen LogP contribution in [0.1, 0.15) is 17.8 Å². The predicted octanol–water partition coefficient (Wildman–Crippen LogP) is 0.00460. The molecule has 5 nitrogen and oxygen atoms in total. The molecule has 0 aromatic carbocycles. The van der Waals surface area contributed by atoms with Crippen LogP contribution in [0.3, 0.4) is 0 Å². The summed E-state index contributed by atoms with van der Waals surface area (Å²) in [6, 6.07) is 0. The quantitative estimate of drug-likeness (QED) is 0.662. The zero-order chi connectivity index (χ0) is 9.42. The fraction of sp³-hybridized carbons (Fsp3) is 0.625. The molecule has 1 N–H and O–H groups in total. The Bertz CT molecular complexity index is 345. The van der Waals surface area contributed by atoms with E-state index in [0.29, 0.717) is 12.8 Å². The number of aryl methyl sites for hydroxylation is 1. The molecule has 1 atom stereocenters. The molecule has 1 aromatic rings. The number of aromatic nitrogens is 3. The second-order valence-electron chi connectivity index (χ2n) is 3.38. The lowest BCUT2D eigenvalue weighted by Crippen LogP contribution is -2.22. The van der Waals surface area contributed by atoms with Gasteiger partial charge in [0.15, 0.2) is 0 Å². The average Bonchev–Trinajstić information content (AvgIpc) is 2.47. The topological polar surface area (TPSA) is 68.0 Å². The van der Waals surface area contributed by atoms with Crippen molar-refractivity contribution in [2.24, 2.45) is 13.0 Å². The highest BCUT2D eigenvalue weighted by Gasteiger charge is 2.27. The van der Waals surface area contributed by atoms with Crippen LogP contribution in [0.4, 0.5) is 0 Å². The molecular formula is C8H11N3O2. The molecule has 13 heavy (non-hydrogen) atoms. The molecule has 1 heterocycles. The van der Waals surface area contributed by atoms with Crippen LogP contribution in [0.25, 0.3) is 0 Å². The van der Waals surface area contributed by atoms with Gasteiger partial charge in [-0.15, -0.1) is 5.10 Å². The summed E-state index contributed by atoms with van der Waals surface area (Å²) < 4.78 is 1.73. The molecule has 0 amide bonds. The zero-order valence-corrected chi connectivity index (χ0v) is 7.40. The first-order valence-electron chi connectivity index (χ1n) is 4.28. The summed E-state index contributed by atoms with van der Waals surface area (Å²) in [4.78, 5) is 10.7. The molecule has 70 valence electrons. The van der Waals surface area contributed by atoms with Crippen LogP contribution in [0.15, 0.2) is 0 Å². The van der Waals surface area contributed by atoms with Crippen LogP contribution in [0.5, 0.6) is 0 Å². The highest BCUT2D eigenvalue weighted by Crippen LogP contribution is 2.23. The van der Waals surface area contributed by atoms with E-state index in [-0.39, 0.29) is 5.92 Å². The second kappa shape index (κ2) is 2.83. The molecule has 2 rings (SSSR count). The van der Waals surface area contributed by atoms with Gasteiger partial charge >= 0.3 is 5.97 Å². The van der Waals surface area contributed by atoms with Gasteiger partial charge in [-0.05, 0) is 12.8 Å². The van der Waals surface area contributed by atoms with E-state index in [1.54, 1.807) is 4.68 Å². The standard InChI is InChI=1S/C8H11N3O2/c1-11-7-3-2-5(8(12)13)4-6(7)9-10-11/h5H,2-4H2,1H3,(H,12,13)/t5-/m0/s1. The van der Waals surface area contributed by atoms with Crippen molar-refractivity contribution >= 4 is 5.97 Å². The number of hydrogen-bond acceptors (Lipinski definition) is 3. The van der Waals surface area contributed by atoms with Gasteiger partial charge in [-0.25, -0.2) is 0 Å². The minimum atomic E-state index is -0.726. The Labute approximate surface area is 75.4 Å². The summed E-state index contributed by atoms with van der Waals surface area (Å²) in [6.07, 6.45) is 2.00. The van der Waals surface area contributed by atoms with Gasteiger partial charge in [-0.1, -0.05) is 5.21 Å². The summed E-state index contributed by atoms with van der Waals surface area (Å²) >= 11 is 0. The van der Waals surface area contributed by atoms with E-state index in [4.69, 9.17) is 5.11 Å². The highest BCUT2D eigenvalue weighted by molar-refractivity contribution is 5.70. The number of carbonyl (C=O) groups is 1. The Balaban J connectivity index is 2.25. The number of rotatable bonds is 1. The van der Waals surface area contributed by atoms with Gasteiger partial charge < -0.3 is 5.11 Å².